The lowest BCUT2D eigenvalue weighted by atomic mass is 9.95. The molecule has 1 amide bonds. The molecular formula is C21H20N6O. The van der Waals surface area contributed by atoms with Crippen molar-refractivity contribution in [1.29, 1.82) is 0 Å². The summed E-state index contributed by atoms with van der Waals surface area (Å²) in [5, 5.41) is 14.1. The van der Waals surface area contributed by atoms with E-state index in [1.807, 2.05) is 58.8 Å². The molecule has 0 unspecified atom stereocenters. The number of rotatable bonds is 2. The molecule has 0 aliphatic carbocycles. The second-order valence-corrected chi connectivity index (χ2v) is 7.28. The minimum Gasteiger partial charge on any atom is -0.339 e. The molecule has 1 fully saturated rings. The van der Waals surface area contributed by atoms with E-state index in [9.17, 15) is 4.79 Å². The van der Waals surface area contributed by atoms with Gasteiger partial charge in [0.2, 0.25) is 0 Å². The van der Waals surface area contributed by atoms with Crippen LogP contribution in [-0.4, -0.2) is 48.7 Å². The van der Waals surface area contributed by atoms with Crippen molar-refractivity contribution in [2.24, 2.45) is 0 Å². The SMILES string of the molecule is Cc1ccc2nnc(C3CCN(C(=O)c4ccc5ncccc5c4)CC3)n2n1. The van der Waals surface area contributed by atoms with Gasteiger partial charge in [0.25, 0.3) is 5.91 Å². The number of hydrogen-bond donors (Lipinski definition) is 0. The van der Waals surface area contributed by atoms with Crippen molar-refractivity contribution < 1.29 is 4.79 Å². The molecule has 1 aliphatic heterocycles. The molecule has 0 radical (unpaired) electrons. The summed E-state index contributed by atoms with van der Waals surface area (Å²) >= 11 is 0. The summed E-state index contributed by atoms with van der Waals surface area (Å²) in [4.78, 5) is 19.2. The van der Waals surface area contributed by atoms with E-state index in [2.05, 4.69) is 20.3 Å². The van der Waals surface area contributed by atoms with Crippen LogP contribution in [0.1, 0.15) is 40.6 Å². The minimum absolute atomic E-state index is 0.0734. The third-order valence-corrected chi connectivity index (χ3v) is 5.42. The Morgan fingerprint density at radius 3 is 2.79 bits per heavy atom. The molecule has 4 heterocycles. The second kappa shape index (κ2) is 6.67. The van der Waals surface area contributed by atoms with Gasteiger partial charge in [-0.1, -0.05) is 6.07 Å². The normalized spacial score (nSPS) is 15.4. The van der Waals surface area contributed by atoms with Crippen LogP contribution in [0, 0.1) is 6.92 Å². The molecule has 5 rings (SSSR count). The maximum absolute atomic E-state index is 13.0. The van der Waals surface area contributed by atoms with E-state index in [0.717, 1.165) is 40.9 Å². The van der Waals surface area contributed by atoms with Gasteiger partial charge in [0.1, 0.15) is 0 Å². The van der Waals surface area contributed by atoms with Gasteiger partial charge in [-0.25, -0.2) is 0 Å². The molecule has 1 saturated heterocycles. The van der Waals surface area contributed by atoms with Crippen LogP contribution in [0.15, 0.2) is 48.7 Å². The van der Waals surface area contributed by atoms with Crippen LogP contribution in [0.25, 0.3) is 16.6 Å². The van der Waals surface area contributed by atoms with Crippen LogP contribution >= 0.6 is 0 Å². The maximum Gasteiger partial charge on any atom is 0.253 e. The largest absolute Gasteiger partial charge is 0.339 e. The van der Waals surface area contributed by atoms with Crippen molar-refractivity contribution >= 4 is 22.5 Å². The van der Waals surface area contributed by atoms with Gasteiger partial charge in [-0.05, 0) is 56.2 Å². The van der Waals surface area contributed by atoms with Crippen molar-refractivity contribution in [3.05, 3.63) is 65.7 Å². The number of aromatic nitrogens is 5. The van der Waals surface area contributed by atoms with Crippen LogP contribution in [-0.2, 0) is 0 Å². The number of carbonyl (C=O) groups excluding carboxylic acids is 1. The van der Waals surface area contributed by atoms with Gasteiger partial charge in [-0.15, -0.1) is 10.2 Å². The monoisotopic (exact) mass is 372 g/mol. The summed E-state index contributed by atoms with van der Waals surface area (Å²) in [5.41, 5.74) is 3.32. The van der Waals surface area contributed by atoms with Crippen molar-refractivity contribution in [3.63, 3.8) is 0 Å². The quantitative estimate of drug-likeness (QED) is 0.541. The van der Waals surface area contributed by atoms with Crippen LogP contribution in [0.2, 0.25) is 0 Å². The lowest BCUT2D eigenvalue weighted by molar-refractivity contribution is 0.0711. The molecule has 28 heavy (non-hydrogen) atoms. The van der Waals surface area contributed by atoms with Crippen molar-refractivity contribution in [1.82, 2.24) is 29.7 Å². The van der Waals surface area contributed by atoms with Crippen molar-refractivity contribution in [3.8, 4) is 0 Å². The number of fused-ring (bicyclic) bond motifs is 2. The number of piperidine rings is 1. The molecule has 4 aromatic rings. The molecular weight excluding hydrogens is 352 g/mol. The summed E-state index contributed by atoms with van der Waals surface area (Å²) in [6.07, 6.45) is 3.48. The Labute approximate surface area is 162 Å². The zero-order valence-electron chi connectivity index (χ0n) is 15.6. The molecule has 140 valence electrons. The predicted molar refractivity (Wildman–Crippen MR) is 105 cm³/mol. The van der Waals surface area contributed by atoms with Crippen LogP contribution in [0.3, 0.4) is 0 Å². The predicted octanol–water partition coefficient (Wildman–Crippen LogP) is 3.00. The molecule has 7 heteroatoms. The molecule has 1 aliphatic rings. The van der Waals surface area contributed by atoms with E-state index in [1.54, 1.807) is 6.20 Å². The summed E-state index contributed by atoms with van der Waals surface area (Å²) in [7, 11) is 0. The first-order valence-electron chi connectivity index (χ1n) is 9.52. The number of carbonyl (C=O) groups is 1. The van der Waals surface area contributed by atoms with Gasteiger partial charge < -0.3 is 4.90 Å². The maximum atomic E-state index is 13.0. The summed E-state index contributed by atoms with van der Waals surface area (Å²) in [6, 6.07) is 13.4. The molecule has 0 bridgehead atoms. The van der Waals surface area contributed by atoms with Gasteiger partial charge >= 0.3 is 0 Å². The first-order chi connectivity index (χ1) is 13.7. The summed E-state index contributed by atoms with van der Waals surface area (Å²) in [5.74, 6) is 1.22. The van der Waals surface area contributed by atoms with Crippen LogP contribution in [0.5, 0.6) is 0 Å². The Bertz CT molecular complexity index is 1180. The van der Waals surface area contributed by atoms with Gasteiger partial charge in [0.05, 0.1) is 11.2 Å². The summed E-state index contributed by atoms with van der Waals surface area (Å²) in [6.45, 7) is 3.37. The lowest BCUT2D eigenvalue weighted by Gasteiger charge is -2.31. The van der Waals surface area contributed by atoms with E-state index < -0.39 is 0 Å². The highest BCUT2D eigenvalue weighted by Gasteiger charge is 2.28. The Kier molecular flexibility index (Phi) is 4.00. The van der Waals surface area contributed by atoms with Gasteiger partial charge in [0, 0.05) is 36.2 Å². The Hall–Kier alpha value is -3.35. The highest BCUT2D eigenvalue weighted by molar-refractivity contribution is 5.98. The number of hydrogen-bond acceptors (Lipinski definition) is 5. The molecule has 0 spiro atoms. The highest BCUT2D eigenvalue weighted by atomic mass is 16.2. The first kappa shape index (κ1) is 16.8. The Balaban J connectivity index is 1.33. The van der Waals surface area contributed by atoms with Crippen molar-refractivity contribution in [2.75, 3.05) is 13.1 Å². The molecule has 0 saturated carbocycles. The van der Waals surface area contributed by atoms with Crippen molar-refractivity contribution in [2.45, 2.75) is 25.7 Å². The van der Waals surface area contributed by atoms with Gasteiger partial charge in [0.15, 0.2) is 11.5 Å². The number of aryl methyl sites for hydroxylation is 1. The fraction of sp³-hybridized carbons (Fsp3) is 0.286. The number of benzene rings is 1. The second-order valence-electron chi connectivity index (χ2n) is 7.28. The number of pyridine rings is 1. The van der Waals surface area contributed by atoms with E-state index in [0.29, 0.717) is 18.7 Å². The lowest BCUT2D eigenvalue weighted by Crippen LogP contribution is -2.38. The standard InChI is InChI=1S/C21H20N6O/c1-14-4-7-19-23-24-20(27(19)25-14)15-8-11-26(12-9-15)21(28)17-5-6-18-16(13-17)3-2-10-22-18/h2-7,10,13,15H,8-9,11-12H2,1H3. The average molecular weight is 372 g/mol. The molecule has 1 aromatic carbocycles. The van der Waals surface area contributed by atoms with Crippen LogP contribution in [0.4, 0.5) is 0 Å². The highest BCUT2D eigenvalue weighted by Crippen LogP contribution is 2.28. The van der Waals surface area contributed by atoms with Gasteiger partial charge in [-0.3, -0.25) is 9.78 Å². The Morgan fingerprint density at radius 2 is 1.93 bits per heavy atom. The molecule has 3 aromatic heterocycles. The minimum atomic E-state index is 0.0734. The number of likely N-dealkylation sites (tertiary alicyclic amines) is 1. The number of amides is 1. The fourth-order valence-corrected chi connectivity index (χ4v) is 3.88. The topological polar surface area (TPSA) is 76.3 Å². The smallest absolute Gasteiger partial charge is 0.253 e. The van der Waals surface area contributed by atoms with E-state index in [1.165, 1.54) is 0 Å². The van der Waals surface area contributed by atoms with E-state index in [4.69, 9.17) is 0 Å². The fourth-order valence-electron chi connectivity index (χ4n) is 3.88. The molecule has 0 atom stereocenters. The summed E-state index contributed by atoms with van der Waals surface area (Å²) < 4.78 is 1.84. The van der Waals surface area contributed by atoms with Crippen LogP contribution < -0.4 is 0 Å². The third kappa shape index (κ3) is 2.89. The Morgan fingerprint density at radius 1 is 1.07 bits per heavy atom. The zero-order valence-corrected chi connectivity index (χ0v) is 15.6. The average Bonchev–Trinajstić information content (AvgIpc) is 3.16. The zero-order chi connectivity index (χ0) is 19.1. The first-order valence-corrected chi connectivity index (χ1v) is 9.52. The van der Waals surface area contributed by atoms with Gasteiger partial charge in [-0.2, -0.15) is 9.61 Å². The molecule has 7 nitrogen and oxygen atoms in total. The third-order valence-electron chi connectivity index (χ3n) is 5.42. The van der Waals surface area contributed by atoms with E-state index in [-0.39, 0.29) is 11.8 Å². The number of nitrogens with zero attached hydrogens (tertiary/aromatic N) is 6. The van der Waals surface area contributed by atoms with E-state index >= 15 is 0 Å². The molecule has 0 N–H and O–H groups in total.